The number of halogens is 2. The fourth-order valence-corrected chi connectivity index (χ4v) is 2.25. The van der Waals surface area contributed by atoms with Gasteiger partial charge in [0.15, 0.2) is 0 Å². The number of hydrogen-bond acceptors (Lipinski definition) is 3. The maximum absolute atomic E-state index is 12.5. The summed E-state index contributed by atoms with van der Waals surface area (Å²) in [6.45, 7) is 2.52. The van der Waals surface area contributed by atoms with Crippen LogP contribution in [-0.2, 0) is 5.41 Å². The van der Waals surface area contributed by atoms with Gasteiger partial charge in [0, 0.05) is 11.8 Å². The van der Waals surface area contributed by atoms with E-state index in [1.54, 1.807) is 6.07 Å². The Morgan fingerprint density at radius 2 is 1.91 bits per heavy atom. The average Bonchev–Trinajstić information content (AvgIpc) is 2.83. The van der Waals surface area contributed by atoms with Crippen LogP contribution in [-0.4, -0.2) is 16.5 Å². The van der Waals surface area contributed by atoms with Crippen LogP contribution in [0.3, 0.4) is 0 Å². The van der Waals surface area contributed by atoms with E-state index in [0.29, 0.717) is 5.56 Å². The summed E-state index contributed by atoms with van der Waals surface area (Å²) >= 11 is 0. The molecule has 1 aromatic carbocycles. The van der Waals surface area contributed by atoms with Gasteiger partial charge >= 0.3 is 6.61 Å². The molecule has 2 rings (SSSR count). The van der Waals surface area contributed by atoms with Crippen molar-refractivity contribution in [2.45, 2.75) is 32.8 Å². The summed E-state index contributed by atoms with van der Waals surface area (Å²) in [7, 11) is 0. The molecule has 0 fully saturated rings. The summed E-state index contributed by atoms with van der Waals surface area (Å²) in [5, 5.41) is 11.5. The number of hydrogen-bond donors (Lipinski definition) is 1. The Kier molecular flexibility index (Phi) is 4.16. The molecule has 0 bridgehead atoms. The highest BCUT2D eigenvalue weighted by atomic mass is 19.3. The van der Waals surface area contributed by atoms with Crippen molar-refractivity contribution in [3.05, 3.63) is 46.1 Å². The fraction of sp³-hybridized carbons (Fsp3) is 0.333. The van der Waals surface area contributed by atoms with E-state index in [0.717, 1.165) is 0 Å². The predicted octanol–water partition coefficient (Wildman–Crippen LogP) is 4.49. The first-order valence-electron chi connectivity index (χ1n) is 6.62. The lowest BCUT2D eigenvalue weighted by Crippen LogP contribution is -2.12. The number of benzene rings is 1. The summed E-state index contributed by atoms with van der Waals surface area (Å²) < 4.78 is 29.5. The monoisotopic (exact) mass is 310 g/mol. The van der Waals surface area contributed by atoms with Crippen molar-refractivity contribution in [2.24, 2.45) is 0 Å². The maximum Gasteiger partial charge on any atom is 0.387 e. The molecule has 0 saturated carbocycles. The number of alkyl halides is 2. The topological polar surface area (TPSA) is 68.2 Å². The van der Waals surface area contributed by atoms with E-state index in [9.17, 15) is 18.9 Å². The predicted molar refractivity (Wildman–Crippen MR) is 78.2 cm³/mol. The van der Waals surface area contributed by atoms with Crippen LogP contribution in [0.25, 0.3) is 11.3 Å². The van der Waals surface area contributed by atoms with Gasteiger partial charge in [-0.3, -0.25) is 10.1 Å². The van der Waals surface area contributed by atoms with Crippen LogP contribution in [0.4, 0.5) is 14.5 Å². The van der Waals surface area contributed by atoms with Crippen LogP contribution >= 0.6 is 0 Å². The lowest BCUT2D eigenvalue weighted by atomic mass is 9.87. The van der Waals surface area contributed by atoms with Crippen molar-refractivity contribution >= 4 is 5.69 Å². The molecule has 22 heavy (non-hydrogen) atoms. The summed E-state index contributed by atoms with van der Waals surface area (Å²) in [6, 6.07) is 5.99. The standard InChI is InChI=1S/C15H16F2N2O3/c1-15(2,3)10-8-18-12(13(10)19(20)21)9-6-4-5-7-11(9)22-14(16)17/h4-8,14,18H,1-3H3. The molecule has 0 amide bonds. The number of nitrogens with zero attached hydrogens (tertiary/aromatic N) is 1. The normalized spacial score (nSPS) is 11.7. The summed E-state index contributed by atoms with van der Waals surface area (Å²) in [6.07, 6.45) is 1.53. The van der Waals surface area contributed by atoms with Crippen LogP contribution in [0, 0.1) is 10.1 Å². The van der Waals surface area contributed by atoms with Gasteiger partial charge in [0.25, 0.3) is 5.69 Å². The Morgan fingerprint density at radius 3 is 2.45 bits per heavy atom. The third-order valence-electron chi connectivity index (χ3n) is 3.22. The average molecular weight is 310 g/mol. The van der Waals surface area contributed by atoms with Crippen molar-refractivity contribution in [1.82, 2.24) is 4.98 Å². The number of nitrogens with one attached hydrogen (secondary N) is 1. The van der Waals surface area contributed by atoms with Gasteiger partial charge in [-0.05, 0) is 17.5 Å². The van der Waals surface area contributed by atoms with Gasteiger partial charge < -0.3 is 9.72 Å². The number of ether oxygens (including phenoxy) is 1. The summed E-state index contributed by atoms with van der Waals surface area (Å²) in [5.74, 6) is -0.108. The lowest BCUT2D eigenvalue weighted by Gasteiger charge is -2.16. The van der Waals surface area contributed by atoms with Crippen LogP contribution in [0.1, 0.15) is 26.3 Å². The molecule has 118 valence electrons. The van der Waals surface area contributed by atoms with E-state index < -0.39 is 16.9 Å². The largest absolute Gasteiger partial charge is 0.434 e. The number of rotatable bonds is 4. The highest BCUT2D eigenvalue weighted by molar-refractivity contribution is 5.77. The van der Waals surface area contributed by atoms with E-state index in [1.165, 1.54) is 24.4 Å². The van der Waals surface area contributed by atoms with Gasteiger partial charge in [-0.1, -0.05) is 32.9 Å². The molecule has 0 spiro atoms. The first-order valence-corrected chi connectivity index (χ1v) is 6.62. The molecular formula is C15H16F2N2O3. The molecule has 0 aliphatic carbocycles. The number of para-hydroxylation sites is 1. The molecule has 0 atom stereocenters. The van der Waals surface area contributed by atoms with E-state index in [2.05, 4.69) is 9.72 Å². The minimum atomic E-state index is -3.00. The van der Waals surface area contributed by atoms with E-state index in [4.69, 9.17) is 0 Å². The lowest BCUT2D eigenvalue weighted by molar-refractivity contribution is -0.385. The first kappa shape index (κ1) is 15.9. The Labute approximate surface area is 126 Å². The number of aromatic amines is 1. The SMILES string of the molecule is CC(C)(C)c1c[nH]c(-c2ccccc2OC(F)F)c1[N+](=O)[O-]. The van der Waals surface area contributed by atoms with Gasteiger partial charge in [-0.25, -0.2) is 0 Å². The summed E-state index contributed by atoms with van der Waals surface area (Å²) in [5.41, 5.74) is 0.295. The van der Waals surface area contributed by atoms with Crippen molar-refractivity contribution in [3.63, 3.8) is 0 Å². The minimum Gasteiger partial charge on any atom is -0.434 e. The van der Waals surface area contributed by atoms with Crippen molar-refractivity contribution in [2.75, 3.05) is 0 Å². The molecule has 1 N–H and O–H groups in total. The summed E-state index contributed by atoms with van der Waals surface area (Å²) in [4.78, 5) is 13.8. The van der Waals surface area contributed by atoms with E-state index in [-0.39, 0.29) is 22.7 Å². The highest BCUT2D eigenvalue weighted by Crippen LogP contribution is 2.41. The third kappa shape index (κ3) is 3.08. The quantitative estimate of drug-likeness (QED) is 0.668. The molecule has 0 aliphatic rings. The van der Waals surface area contributed by atoms with Crippen molar-refractivity contribution in [3.8, 4) is 17.0 Å². The van der Waals surface area contributed by atoms with E-state index in [1.807, 2.05) is 20.8 Å². The van der Waals surface area contributed by atoms with Gasteiger partial charge in [0.05, 0.1) is 10.5 Å². The zero-order chi connectivity index (χ0) is 16.5. The zero-order valence-corrected chi connectivity index (χ0v) is 12.4. The fourth-order valence-electron chi connectivity index (χ4n) is 2.25. The van der Waals surface area contributed by atoms with Crippen molar-refractivity contribution in [1.29, 1.82) is 0 Å². The number of H-pyrrole nitrogens is 1. The Morgan fingerprint density at radius 1 is 1.27 bits per heavy atom. The second-order valence-electron chi connectivity index (χ2n) is 5.81. The Bertz CT molecular complexity index is 690. The van der Waals surface area contributed by atoms with E-state index >= 15 is 0 Å². The Balaban J connectivity index is 2.64. The molecule has 5 nitrogen and oxygen atoms in total. The number of nitro groups is 1. The smallest absolute Gasteiger partial charge is 0.387 e. The molecule has 2 aromatic rings. The molecular weight excluding hydrogens is 294 g/mol. The zero-order valence-electron chi connectivity index (χ0n) is 12.4. The molecule has 0 aliphatic heterocycles. The first-order chi connectivity index (χ1) is 10.2. The van der Waals surface area contributed by atoms with Crippen LogP contribution < -0.4 is 4.74 Å². The minimum absolute atomic E-state index is 0.108. The van der Waals surface area contributed by atoms with Gasteiger partial charge in [0.1, 0.15) is 11.4 Å². The molecule has 0 saturated heterocycles. The van der Waals surface area contributed by atoms with Crippen LogP contribution in [0.5, 0.6) is 5.75 Å². The van der Waals surface area contributed by atoms with Gasteiger partial charge in [-0.2, -0.15) is 8.78 Å². The molecule has 0 radical (unpaired) electrons. The van der Waals surface area contributed by atoms with Gasteiger partial charge in [0.2, 0.25) is 0 Å². The second-order valence-corrected chi connectivity index (χ2v) is 5.81. The Hall–Kier alpha value is -2.44. The molecule has 1 aromatic heterocycles. The molecule has 7 heteroatoms. The molecule has 0 unspecified atom stereocenters. The number of aromatic nitrogens is 1. The van der Waals surface area contributed by atoms with Crippen molar-refractivity contribution < 1.29 is 18.4 Å². The molecule has 1 heterocycles. The third-order valence-corrected chi connectivity index (χ3v) is 3.22. The maximum atomic E-state index is 12.5. The van der Waals surface area contributed by atoms with Crippen LogP contribution in [0.2, 0.25) is 0 Å². The highest BCUT2D eigenvalue weighted by Gasteiger charge is 2.31. The van der Waals surface area contributed by atoms with Crippen LogP contribution in [0.15, 0.2) is 30.5 Å². The van der Waals surface area contributed by atoms with Gasteiger partial charge in [-0.15, -0.1) is 0 Å². The second kappa shape index (κ2) is 5.75.